The molecule has 1 aromatic rings. The summed E-state index contributed by atoms with van der Waals surface area (Å²) in [6.45, 7) is 5.21. The lowest BCUT2D eigenvalue weighted by atomic mass is 9.67. The van der Waals surface area contributed by atoms with E-state index in [-0.39, 0.29) is 22.9 Å². The number of aromatic nitrogens is 2. The average molecular weight is 535 g/mol. The molecule has 39 heavy (non-hydrogen) atoms. The van der Waals surface area contributed by atoms with Gasteiger partial charge >= 0.3 is 0 Å². The van der Waals surface area contributed by atoms with E-state index in [1.165, 1.54) is 11.8 Å². The third-order valence-corrected chi connectivity index (χ3v) is 8.54. The lowest BCUT2D eigenvalue weighted by Gasteiger charge is -2.51. The number of nitrogens with one attached hydrogen (secondary N) is 2. The van der Waals surface area contributed by atoms with E-state index in [9.17, 15) is 9.90 Å². The molecular formula is C30H38N4O5. The molecule has 5 rings (SSSR count). The van der Waals surface area contributed by atoms with Crippen LogP contribution in [0.25, 0.3) is 0 Å². The number of fused-ring (bicyclic) bond motifs is 2. The smallest absolute Gasteiger partial charge is 0.291 e. The fourth-order valence-corrected chi connectivity index (χ4v) is 6.60. The summed E-state index contributed by atoms with van der Waals surface area (Å²) in [5, 5.41) is 24.4. The van der Waals surface area contributed by atoms with Gasteiger partial charge in [0.15, 0.2) is 5.82 Å². The summed E-state index contributed by atoms with van der Waals surface area (Å²) in [6.07, 6.45) is 15.8. The zero-order valence-electron chi connectivity index (χ0n) is 23.2. The number of carbonyl (C=O) groups is 1. The summed E-state index contributed by atoms with van der Waals surface area (Å²) in [5.74, 6) is -0.524. The molecule has 1 aromatic heterocycles. The number of nitriles is 1. The number of methoxy groups -OCH3 is 2. The van der Waals surface area contributed by atoms with E-state index < -0.39 is 22.7 Å². The second kappa shape index (κ2) is 10.2. The van der Waals surface area contributed by atoms with Gasteiger partial charge in [0.2, 0.25) is 0 Å². The standard InChI is InChI=1S/C30H38N4O5/c1-27(2)9-7-20(8-10-27)23-13-21(5-6-24(23)34-26(35)25-32-15-22(14-31)33-25)30(36)16-28(18-37-3)11-12-29(17-30,39-28)19-38-4/h5-7,11-12,15,21,36H,8-10,13,16-19H2,1-4H3,(H,32,33)(H,34,35)/t21?,28-,29+,30?. The molecule has 208 valence electrons. The van der Waals surface area contributed by atoms with Gasteiger partial charge in [0.1, 0.15) is 23.0 Å². The number of amides is 1. The first-order valence-electron chi connectivity index (χ1n) is 13.5. The maximum atomic E-state index is 13.0. The second-order valence-corrected chi connectivity index (χ2v) is 12.3. The van der Waals surface area contributed by atoms with Crippen molar-refractivity contribution in [2.24, 2.45) is 11.3 Å². The molecule has 2 aliphatic carbocycles. The minimum atomic E-state index is -1.08. The van der Waals surface area contributed by atoms with Crippen LogP contribution in [0.1, 0.15) is 68.7 Å². The number of H-pyrrole nitrogens is 1. The fraction of sp³-hybridized carbons (Fsp3) is 0.567. The molecule has 0 spiro atoms. The molecule has 0 saturated carbocycles. The topological polar surface area (TPSA) is 129 Å². The lowest BCUT2D eigenvalue weighted by Crippen LogP contribution is -2.59. The maximum Gasteiger partial charge on any atom is 0.291 e. The van der Waals surface area contributed by atoms with E-state index in [4.69, 9.17) is 19.5 Å². The molecule has 2 aliphatic heterocycles. The van der Waals surface area contributed by atoms with Crippen LogP contribution in [0.2, 0.25) is 0 Å². The van der Waals surface area contributed by atoms with Crippen molar-refractivity contribution in [2.75, 3.05) is 27.4 Å². The molecule has 0 aromatic carbocycles. The van der Waals surface area contributed by atoms with Crippen molar-refractivity contribution in [3.05, 3.63) is 64.9 Å². The van der Waals surface area contributed by atoms with Crippen LogP contribution in [-0.2, 0) is 14.2 Å². The van der Waals surface area contributed by atoms with Crippen LogP contribution in [0.4, 0.5) is 0 Å². The molecule has 2 unspecified atom stereocenters. The van der Waals surface area contributed by atoms with Crippen LogP contribution >= 0.6 is 0 Å². The normalized spacial score (nSPS) is 33.1. The lowest BCUT2D eigenvalue weighted by molar-refractivity contribution is -0.230. The van der Waals surface area contributed by atoms with E-state index in [0.717, 1.165) is 24.8 Å². The molecule has 1 amide bonds. The van der Waals surface area contributed by atoms with Crippen molar-refractivity contribution in [3.8, 4) is 6.07 Å². The SMILES string of the molecule is COC[C@@]12C=C[C@@](COC)(CC(O)(C3C=CC(NC(=O)c4ncc(C#N)[nH]4)=C(C4=CCC(C)(C)CC4)C3)C1)O2. The van der Waals surface area contributed by atoms with Gasteiger partial charge in [0.05, 0.1) is 25.0 Å². The Morgan fingerprint density at radius 3 is 2.51 bits per heavy atom. The first-order valence-corrected chi connectivity index (χ1v) is 13.5. The highest BCUT2D eigenvalue weighted by atomic mass is 16.6. The van der Waals surface area contributed by atoms with E-state index in [1.54, 1.807) is 14.2 Å². The van der Waals surface area contributed by atoms with Gasteiger partial charge in [-0.05, 0) is 48.3 Å². The van der Waals surface area contributed by atoms with Crippen LogP contribution in [-0.4, -0.2) is 65.2 Å². The van der Waals surface area contributed by atoms with Crippen LogP contribution in [0.3, 0.4) is 0 Å². The molecule has 9 nitrogen and oxygen atoms in total. The van der Waals surface area contributed by atoms with Gasteiger partial charge in [0.25, 0.3) is 5.91 Å². The number of ether oxygens (including phenoxy) is 3. The van der Waals surface area contributed by atoms with Gasteiger partial charge in [-0.15, -0.1) is 0 Å². The number of allylic oxidation sites excluding steroid dienone is 4. The molecule has 3 heterocycles. The first kappa shape index (κ1) is 27.5. The summed E-state index contributed by atoms with van der Waals surface area (Å²) in [7, 11) is 3.28. The number of carbonyl (C=O) groups excluding carboxylic acids is 1. The Bertz CT molecular complexity index is 1270. The molecule has 2 bridgehead atoms. The monoisotopic (exact) mass is 534 g/mol. The van der Waals surface area contributed by atoms with Gasteiger partial charge in [-0.25, -0.2) is 4.98 Å². The number of hydrogen-bond acceptors (Lipinski definition) is 7. The van der Waals surface area contributed by atoms with Gasteiger partial charge in [-0.2, -0.15) is 5.26 Å². The Hall–Kier alpha value is -3.03. The van der Waals surface area contributed by atoms with Gasteiger partial charge in [-0.3, -0.25) is 4.79 Å². The van der Waals surface area contributed by atoms with Crippen molar-refractivity contribution in [1.82, 2.24) is 15.3 Å². The number of aliphatic hydroxyl groups is 1. The summed E-state index contributed by atoms with van der Waals surface area (Å²) < 4.78 is 17.5. The van der Waals surface area contributed by atoms with Crippen molar-refractivity contribution in [2.45, 2.75) is 69.2 Å². The molecule has 9 heteroatoms. The Balaban J connectivity index is 1.46. The average Bonchev–Trinajstić information content (AvgIpc) is 3.47. The Kier molecular flexibility index (Phi) is 7.18. The zero-order valence-corrected chi connectivity index (χ0v) is 23.2. The quantitative estimate of drug-likeness (QED) is 0.432. The maximum absolute atomic E-state index is 13.0. The number of rotatable bonds is 8. The largest absolute Gasteiger partial charge is 0.389 e. The molecular weight excluding hydrogens is 496 g/mol. The highest BCUT2D eigenvalue weighted by Crippen LogP contribution is 2.53. The predicted octanol–water partition coefficient (Wildman–Crippen LogP) is 3.86. The number of imidazole rings is 1. The highest BCUT2D eigenvalue weighted by Gasteiger charge is 2.59. The van der Waals surface area contributed by atoms with Crippen LogP contribution in [0.5, 0.6) is 0 Å². The van der Waals surface area contributed by atoms with E-state index in [1.807, 2.05) is 30.4 Å². The summed E-state index contributed by atoms with van der Waals surface area (Å²) >= 11 is 0. The fourth-order valence-electron chi connectivity index (χ4n) is 6.60. The van der Waals surface area contributed by atoms with Crippen LogP contribution in [0, 0.1) is 22.7 Å². The van der Waals surface area contributed by atoms with Crippen molar-refractivity contribution in [1.29, 1.82) is 5.26 Å². The molecule has 1 fully saturated rings. The van der Waals surface area contributed by atoms with Gasteiger partial charge in [0, 0.05) is 38.7 Å². The van der Waals surface area contributed by atoms with Crippen molar-refractivity contribution in [3.63, 3.8) is 0 Å². The minimum Gasteiger partial charge on any atom is -0.389 e. The Labute approximate surface area is 229 Å². The molecule has 1 saturated heterocycles. The van der Waals surface area contributed by atoms with Crippen LogP contribution < -0.4 is 5.32 Å². The number of nitrogens with zero attached hydrogens (tertiary/aromatic N) is 2. The molecule has 4 atom stereocenters. The van der Waals surface area contributed by atoms with Gasteiger partial charge < -0.3 is 29.6 Å². The first-order chi connectivity index (χ1) is 18.5. The summed E-state index contributed by atoms with van der Waals surface area (Å²) in [6, 6.07) is 1.96. The van der Waals surface area contributed by atoms with Gasteiger partial charge in [-0.1, -0.05) is 38.2 Å². The predicted molar refractivity (Wildman–Crippen MR) is 144 cm³/mol. The molecule has 4 aliphatic rings. The molecule has 0 radical (unpaired) electrons. The zero-order chi connectivity index (χ0) is 27.9. The third kappa shape index (κ3) is 5.39. The number of hydrogen-bond donors (Lipinski definition) is 3. The van der Waals surface area contributed by atoms with E-state index in [2.05, 4.69) is 35.2 Å². The summed E-state index contributed by atoms with van der Waals surface area (Å²) in [4.78, 5) is 19.8. The Morgan fingerprint density at radius 2 is 1.95 bits per heavy atom. The molecule has 3 N–H and O–H groups in total. The van der Waals surface area contributed by atoms with E-state index in [0.29, 0.717) is 38.2 Å². The van der Waals surface area contributed by atoms with Crippen LogP contribution in [0.15, 0.2) is 53.4 Å². The summed E-state index contributed by atoms with van der Waals surface area (Å²) in [5.41, 5.74) is 0.857. The van der Waals surface area contributed by atoms with E-state index >= 15 is 0 Å². The second-order valence-electron chi connectivity index (χ2n) is 12.3. The number of aromatic amines is 1. The third-order valence-electron chi connectivity index (χ3n) is 8.54. The van der Waals surface area contributed by atoms with Crippen molar-refractivity contribution >= 4 is 5.91 Å². The highest BCUT2D eigenvalue weighted by molar-refractivity contribution is 5.92. The minimum absolute atomic E-state index is 0.0846. The van der Waals surface area contributed by atoms with Crippen molar-refractivity contribution < 1.29 is 24.1 Å². The Morgan fingerprint density at radius 1 is 1.26 bits per heavy atom.